The number of carbonyl (C=O) groups is 1. The Morgan fingerprint density at radius 1 is 1.71 bits per heavy atom. The van der Waals surface area contributed by atoms with Gasteiger partial charge in [-0.3, -0.25) is 9.48 Å². The number of hydrogen-bond donors (Lipinski definition) is 2. The lowest BCUT2D eigenvalue weighted by Crippen LogP contribution is -2.23. The largest absolute Gasteiger partial charge is 0.383 e. The third-order valence-corrected chi connectivity index (χ3v) is 4.26. The summed E-state index contributed by atoms with van der Waals surface area (Å²) in [6.07, 6.45) is 1.47. The van der Waals surface area contributed by atoms with Crippen molar-refractivity contribution >= 4 is 39.0 Å². The van der Waals surface area contributed by atoms with E-state index in [0.717, 1.165) is 9.35 Å². The lowest BCUT2D eigenvalue weighted by Gasteiger charge is -2.03. The van der Waals surface area contributed by atoms with Crippen LogP contribution in [0.3, 0.4) is 0 Å². The van der Waals surface area contributed by atoms with E-state index in [1.165, 1.54) is 10.9 Å². The molecule has 0 spiro atoms. The average molecular weight is 315 g/mol. The van der Waals surface area contributed by atoms with Gasteiger partial charge in [0.05, 0.1) is 12.7 Å². The van der Waals surface area contributed by atoms with Crippen LogP contribution < -0.4 is 11.1 Å². The van der Waals surface area contributed by atoms with E-state index in [9.17, 15) is 4.79 Å². The summed E-state index contributed by atoms with van der Waals surface area (Å²) in [5, 5.41) is 8.69. The summed E-state index contributed by atoms with van der Waals surface area (Å²) in [6.45, 7) is 0.478. The Morgan fingerprint density at radius 3 is 3.00 bits per heavy atom. The summed E-state index contributed by atoms with van der Waals surface area (Å²) in [5.41, 5.74) is 6.12. The fourth-order valence-corrected chi connectivity index (χ4v) is 2.76. The molecule has 2 aromatic heterocycles. The molecule has 0 aromatic carbocycles. The predicted octanol–water partition coefficient (Wildman–Crippen LogP) is 1.76. The molecule has 5 nitrogen and oxygen atoms in total. The van der Waals surface area contributed by atoms with Crippen LogP contribution in [0.15, 0.2) is 22.1 Å². The van der Waals surface area contributed by atoms with E-state index >= 15 is 0 Å². The Morgan fingerprint density at radius 2 is 2.47 bits per heavy atom. The quantitative estimate of drug-likeness (QED) is 0.906. The highest BCUT2D eigenvalue weighted by molar-refractivity contribution is 9.10. The molecule has 0 unspecified atom stereocenters. The maximum atomic E-state index is 11.8. The van der Waals surface area contributed by atoms with Gasteiger partial charge in [-0.1, -0.05) is 0 Å². The third kappa shape index (κ3) is 2.50. The van der Waals surface area contributed by atoms with E-state index < -0.39 is 0 Å². The second-order valence-corrected chi connectivity index (χ2v) is 5.30. The van der Waals surface area contributed by atoms with Crippen LogP contribution in [0.4, 0.5) is 5.82 Å². The van der Waals surface area contributed by atoms with Gasteiger partial charge in [0.2, 0.25) is 0 Å². The molecular weight excluding hydrogens is 304 g/mol. The van der Waals surface area contributed by atoms with Crippen LogP contribution in [0.25, 0.3) is 0 Å². The Labute approximate surface area is 111 Å². The zero-order valence-corrected chi connectivity index (χ0v) is 11.5. The van der Waals surface area contributed by atoms with Crippen LogP contribution in [-0.4, -0.2) is 15.7 Å². The van der Waals surface area contributed by atoms with Gasteiger partial charge in [-0.15, -0.1) is 11.3 Å². The highest BCUT2D eigenvalue weighted by Gasteiger charge is 2.13. The summed E-state index contributed by atoms with van der Waals surface area (Å²) in [5.74, 6) is 0.156. The topological polar surface area (TPSA) is 72.9 Å². The molecule has 0 aliphatic rings. The molecule has 0 saturated heterocycles. The zero-order valence-electron chi connectivity index (χ0n) is 9.11. The maximum Gasteiger partial charge on any atom is 0.256 e. The number of nitrogens with zero attached hydrogens (tertiary/aromatic N) is 2. The van der Waals surface area contributed by atoms with Crippen LogP contribution in [-0.2, 0) is 13.6 Å². The highest BCUT2D eigenvalue weighted by atomic mass is 79.9. The highest BCUT2D eigenvalue weighted by Crippen LogP contribution is 2.22. The van der Waals surface area contributed by atoms with Crippen LogP contribution in [0.1, 0.15) is 15.2 Å². The second kappa shape index (κ2) is 4.89. The van der Waals surface area contributed by atoms with Crippen LogP contribution in [0.5, 0.6) is 0 Å². The minimum Gasteiger partial charge on any atom is -0.383 e. The molecule has 2 aromatic rings. The monoisotopic (exact) mass is 314 g/mol. The van der Waals surface area contributed by atoms with E-state index in [4.69, 9.17) is 5.73 Å². The van der Waals surface area contributed by atoms with Crippen molar-refractivity contribution in [2.24, 2.45) is 7.05 Å². The van der Waals surface area contributed by atoms with Gasteiger partial charge in [0.1, 0.15) is 11.4 Å². The standard InChI is InChI=1S/C10H11BrN4OS/c1-15-9(12)6(4-14-15)10(16)13-5-8-7(11)2-3-17-8/h2-4H,5,12H2,1H3,(H,13,16). The van der Waals surface area contributed by atoms with Crippen molar-refractivity contribution in [2.75, 3.05) is 5.73 Å². The van der Waals surface area contributed by atoms with Gasteiger partial charge in [-0.05, 0) is 27.4 Å². The number of rotatable bonds is 3. The molecule has 2 rings (SSSR count). The zero-order chi connectivity index (χ0) is 12.4. The first-order valence-corrected chi connectivity index (χ1v) is 6.54. The molecule has 3 N–H and O–H groups in total. The summed E-state index contributed by atoms with van der Waals surface area (Å²) in [7, 11) is 1.70. The average Bonchev–Trinajstić information content (AvgIpc) is 2.84. The Balaban J connectivity index is 2.03. The molecular formula is C10H11BrN4OS. The van der Waals surface area contributed by atoms with E-state index in [2.05, 4.69) is 26.3 Å². The minimum atomic E-state index is -0.212. The Bertz CT molecular complexity index is 548. The van der Waals surface area contributed by atoms with Gasteiger partial charge in [-0.25, -0.2) is 0 Å². The van der Waals surface area contributed by atoms with Crippen molar-refractivity contribution in [1.29, 1.82) is 0 Å². The van der Waals surface area contributed by atoms with E-state index in [1.54, 1.807) is 18.4 Å². The molecule has 0 bridgehead atoms. The molecule has 0 fully saturated rings. The van der Waals surface area contributed by atoms with E-state index in [1.807, 2.05) is 11.4 Å². The van der Waals surface area contributed by atoms with E-state index in [-0.39, 0.29) is 5.91 Å². The number of amides is 1. The number of anilines is 1. The summed E-state index contributed by atoms with van der Waals surface area (Å²) < 4.78 is 2.47. The van der Waals surface area contributed by atoms with Crippen molar-refractivity contribution in [3.05, 3.63) is 32.6 Å². The molecule has 0 radical (unpaired) electrons. The van der Waals surface area contributed by atoms with E-state index in [0.29, 0.717) is 17.9 Å². The van der Waals surface area contributed by atoms with Gasteiger partial charge in [0.25, 0.3) is 5.91 Å². The van der Waals surface area contributed by atoms with Crippen molar-refractivity contribution in [2.45, 2.75) is 6.54 Å². The number of hydrogen-bond acceptors (Lipinski definition) is 4. The first-order valence-electron chi connectivity index (χ1n) is 4.87. The van der Waals surface area contributed by atoms with Gasteiger partial charge in [0.15, 0.2) is 0 Å². The van der Waals surface area contributed by atoms with Crippen molar-refractivity contribution < 1.29 is 4.79 Å². The van der Waals surface area contributed by atoms with Crippen LogP contribution >= 0.6 is 27.3 Å². The first-order chi connectivity index (χ1) is 8.09. The number of nitrogens with two attached hydrogens (primary N) is 1. The molecule has 0 atom stereocenters. The number of aryl methyl sites for hydroxylation is 1. The van der Waals surface area contributed by atoms with Crippen molar-refractivity contribution in [3.63, 3.8) is 0 Å². The van der Waals surface area contributed by atoms with Gasteiger partial charge >= 0.3 is 0 Å². The Kier molecular flexibility index (Phi) is 3.49. The van der Waals surface area contributed by atoms with Gasteiger partial charge < -0.3 is 11.1 Å². The molecule has 17 heavy (non-hydrogen) atoms. The minimum absolute atomic E-state index is 0.212. The third-order valence-electron chi connectivity index (χ3n) is 2.33. The summed E-state index contributed by atoms with van der Waals surface area (Å²) >= 11 is 4.99. The molecule has 90 valence electrons. The van der Waals surface area contributed by atoms with Gasteiger partial charge in [-0.2, -0.15) is 5.10 Å². The van der Waals surface area contributed by atoms with Crippen LogP contribution in [0, 0.1) is 0 Å². The molecule has 0 aliphatic heterocycles. The molecule has 7 heteroatoms. The van der Waals surface area contributed by atoms with Gasteiger partial charge in [0, 0.05) is 16.4 Å². The second-order valence-electron chi connectivity index (χ2n) is 3.44. The number of nitrogen functional groups attached to an aromatic ring is 1. The number of nitrogens with one attached hydrogen (secondary N) is 1. The molecule has 1 amide bonds. The predicted molar refractivity (Wildman–Crippen MR) is 70.8 cm³/mol. The first kappa shape index (κ1) is 12.1. The Hall–Kier alpha value is -1.34. The number of thiophene rings is 1. The fourth-order valence-electron chi connectivity index (χ4n) is 1.33. The number of carbonyl (C=O) groups excluding carboxylic acids is 1. The van der Waals surface area contributed by atoms with Crippen LogP contribution in [0.2, 0.25) is 0 Å². The summed E-state index contributed by atoms with van der Waals surface area (Å²) in [6, 6.07) is 1.95. The molecule has 0 aliphatic carbocycles. The molecule has 2 heterocycles. The maximum absolute atomic E-state index is 11.8. The van der Waals surface area contributed by atoms with Crippen molar-refractivity contribution in [1.82, 2.24) is 15.1 Å². The lowest BCUT2D eigenvalue weighted by molar-refractivity contribution is 0.0952. The smallest absolute Gasteiger partial charge is 0.256 e. The fraction of sp³-hybridized carbons (Fsp3) is 0.200. The normalized spacial score (nSPS) is 10.5. The SMILES string of the molecule is Cn1ncc(C(=O)NCc2sccc2Br)c1N. The molecule has 0 saturated carbocycles. The summed E-state index contributed by atoms with van der Waals surface area (Å²) in [4.78, 5) is 12.9. The lowest BCUT2D eigenvalue weighted by atomic mass is 10.3. The van der Waals surface area contributed by atoms with Crippen molar-refractivity contribution in [3.8, 4) is 0 Å². The number of halogens is 1. The number of aromatic nitrogens is 2.